The Hall–Kier alpha value is -2.88. The molecule has 2 aromatic carbocycles. The monoisotopic (exact) mass is 360 g/mol. The zero-order chi connectivity index (χ0) is 19.0. The smallest absolute Gasteiger partial charge is 0.358 e. The molecule has 1 N–H and O–H groups in total. The Morgan fingerprint density at radius 1 is 1.04 bits per heavy atom. The van der Waals surface area contributed by atoms with Gasteiger partial charge in [-0.15, -0.1) is 0 Å². The van der Waals surface area contributed by atoms with Crippen LogP contribution in [0, 0.1) is 0 Å². The maximum absolute atomic E-state index is 12.4. The van der Waals surface area contributed by atoms with Crippen LogP contribution in [-0.4, -0.2) is 16.7 Å². The molecule has 1 heterocycles. The third-order valence-electron chi connectivity index (χ3n) is 5.14. The van der Waals surface area contributed by atoms with E-state index >= 15 is 0 Å². The molecule has 4 nitrogen and oxygen atoms in total. The number of oxime groups is 1. The molecule has 1 aliphatic carbocycles. The van der Waals surface area contributed by atoms with E-state index in [-0.39, 0.29) is 5.41 Å². The van der Waals surface area contributed by atoms with Crippen molar-refractivity contribution < 1.29 is 9.63 Å². The first-order valence-electron chi connectivity index (χ1n) is 9.42. The zero-order valence-electron chi connectivity index (χ0n) is 16.0. The van der Waals surface area contributed by atoms with Crippen molar-refractivity contribution in [3.8, 4) is 0 Å². The Morgan fingerprint density at radius 2 is 1.78 bits per heavy atom. The summed E-state index contributed by atoms with van der Waals surface area (Å²) in [7, 11) is 0. The Morgan fingerprint density at radius 3 is 2.52 bits per heavy atom. The number of aryl methyl sites for hydroxylation is 1. The first-order valence-corrected chi connectivity index (χ1v) is 9.42. The fourth-order valence-corrected chi connectivity index (χ4v) is 3.62. The summed E-state index contributed by atoms with van der Waals surface area (Å²) in [4.78, 5) is 21.2. The van der Waals surface area contributed by atoms with Gasteiger partial charge in [0, 0.05) is 22.2 Å². The normalized spacial score (nSPS) is 15.7. The Labute approximate surface area is 159 Å². The number of carbonyl (C=O) groups excluding carboxylic acids is 1. The van der Waals surface area contributed by atoms with Crippen molar-refractivity contribution in [2.75, 3.05) is 0 Å². The van der Waals surface area contributed by atoms with Crippen LogP contribution < -0.4 is 0 Å². The quantitative estimate of drug-likeness (QED) is 0.494. The van der Waals surface area contributed by atoms with Crippen LogP contribution in [0.3, 0.4) is 0 Å². The van der Waals surface area contributed by atoms with Crippen LogP contribution >= 0.6 is 0 Å². The fourth-order valence-electron chi connectivity index (χ4n) is 3.62. The van der Waals surface area contributed by atoms with Gasteiger partial charge in [-0.25, -0.2) is 4.79 Å². The van der Waals surface area contributed by atoms with Crippen LogP contribution in [0.5, 0.6) is 0 Å². The van der Waals surface area contributed by atoms with Crippen LogP contribution in [0.25, 0.3) is 10.9 Å². The highest BCUT2D eigenvalue weighted by Crippen LogP contribution is 2.29. The van der Waals surface area contributed by atoms with E-state index in [9.17, 15) is 4.79 Å². The molecule has 4 heteroatoms. The topological polar surface area (TPSA) is 54.4 Å². The van der Waals surface area contributed by atoms with E-state index in [0.29, 0.717) is 5.56 Å². The highest BCUT2D eigenvalue weighted by atomic mass is 16.7. The van der Waals surface area contributed by atoms with Gasteiger partial charge in [0.1, 0.15) is 0 Å². The lowest BCUT2D eigenvalue weighted by atomic mass is 9.87. The molecule has 3 aromatic rings. The van der Waals surface area contributed by atoms with Crippen LogP contribution in [-0.2, 0) is 16.7 Å². The summed E-state index contributed by atoms with van der Waals surface area (Å²) < 4.78 is 0. The number of hydrogen-bond acceptors (Lipinski definition) is 3. The van der Waals surface area contributed by atoms with E-state index in [1.165, 1.54) is 11.3 Å². The van der Waals surface area contributed by atoms with Gasteiger partial charge in [0.05, 0.1) is 11.3 Å². The van der Waals surface area contributed by atoms with Crippen LogP contribution in [0.15, 0.2) is 53.7 Å². The van der Waals surface area contributed by atoms with Gasteiger partial charge in [-0.05, 0) is 48.4 Å². The molecule has 0 amide bonds. The fraction of sp³-hybridized carbons (Fsp3) is 0.304. The molecule has 27 heavy (non-hydrogen) atoms. The van der Waals surface area contributed by atoms with Gasteiger partial charge in [0.2, 0.25) is 0 Å². The average Bonchev–Trinajstić information content (AvgIpc) is 3.04. The molecular weight excluding hydrogens is 336 g/mol. The van der Waals surface area contributed by atoms with E-state index in [1.54, 1.807) is 12.1 Å². The van der Waals surface area contributed by atoms with Crippen molar-refractivity contribution in [2.24, 2.45) is 5.16 Å². The molecule has 0 saturated carbocycles. The number of carbonyl (C=O) groups is 1. The summed E-state index contributed by atoms with van der Waals surface area (Å²) in [6.07, 6.45) is 2.80. The molecule has 138 valence electrons. The minimum Gasteiger partial charge on any atom is -0.358 e. The number of para-hydroxylation sites is 1. The number of H-pyrrole nitrogens is 1. The number of nitrogens with zero attached hydrogens (tertiary/aromatic N) is 1. The molecule has 1 aromatic heterocycles. The maximum atomic E-state index is 12.4. The van der Waals surface area contributed by atoms with Crippen LogP contribution in [0.2, 0.25) is 0 Å². The molecule has 0 bridgehead atoms. The molecule has 0 unspecified atom stereocenters. The van der Waals surface area contributed by atoms with Crippen LogP contribution in [0.4, 0.5) is 0 Å². The average molecular weight is 360 g/mol. The molecule has 4 rings (SSSR count). The molecule has 0 spiro atoms. The van der Waals surface area contributed by atoms with E-state index in [2.05, 4.69) is 43.0 Å². The van der Waals surface area contributed by atoms with Gasteiger partial charge >= 0.3 is 5.97 Å². The number of aromatic amines is 1. The lowest BCUT2D eigenvalue weighted by molar-refractivity contribution is 0.0515. The summed E-state index contributed by atoms with van der Waals surface area (Å²) in [6.45, 7) is 6.44. The first kappa shape index (κ1) is 17.5. The van der Waals surface area contributed by atoms with Gasteiger partial charge in [-0.3, -0.25) is 0 Å². The van der Waals surface area contributed by atoms with E-state index in [1.807, 2.05) is 24.3 Å². The third-order valence-corrected chi connectivity index (χ3v) is 5.14. The first-order chi connectivity index (χ1) is 12.9. The summed E-state index contributed by atoms with van der Waals surface area (Å²) in [5, 5.41) is 5.38. The van der Waals surface area contributed by atoms with Gasteiger partial charge in [0.25, 0.3) is 0 Å². The molecule has 0 atom stereocenters. The molecule has 0 fully saturated rings. The van der Waals surface area contributed by atoms with Crippen molar-refractivity contribution in [3.05, 3.63) is 70.9 Å². The van der Waals surface area contributed by atoms with Gasteiger partial charge in [-0.1, -0.05) is 56.3 Å². The van der Waals surface area contributed by atoms with Gasteiger partial charge < -0.3 is 9.82 Å². The van der Waals surface area contributed by atoms with E-state index in [0.717, 1.165) is 41.4 Å². The number of aromatic nitrogens is 1. The predicted octanol–water partition coefficient (Wildman–Crippen LogP) is 5.36. The minimum atomic E-state index is -0.421. The minimum absolute atomic E-state index is 0.0521. The second kappa shape index (κ2) is 6.69. The van der Waals surface area contributed by atoms with Gasteiger partial charge in [-0.2, -0.15) is 0 Å². The molecular formula is C23H24N2O2. The number of fused-ring (bicyclic) bond motifs is 3. The Balaban J connectivity index is 1.58. The zero-order valence-corrected chi connectivity index (χ0v) is 16.0. The predicted molar refractivity (Wildman–Crippen MR) is 108 cm³/mol. The number of nitrogens with one attached hydrogen (secondary N) is 1. The van der Waals surface area contributed by atoms with E-state index < -0.39 is 5.97 Å². The molecule has 1 aliphatic rings. The SMILES string of the molecule is CC(C)(C)c1ccc(C(=O)O/N=C2/CCCc3[nH]c4ccccc4c32)cc1. The third kappa shape index (κ3) is 3.39. The van der Waals surface area contributed by atoms with Crippen molar-refractivity contribution in [1.29, 1.82) is 0 Å². The summed E-state index contributed by atoms with van der Waals surface area (Å²) >= 11 is 0. The highest BCUT2D eigenvalue weighted by molar-refractivity contribution is 6.12. The molecule has 0 saturated heterocycles. The van der Waals surface area contributed by atoms with Crippen molar-refractivity contribution in [3.63, 3.8) is 0 Å². The Kier molecular flexibility index (Phi) is 4.34. The highest BCUT2D eigenvalue weighted by Gasteiger charge is 2.22. The molecule has 0 radical (unpaired) electrons. The number of hydrogen-bond donors (Lipinski definition) is 1. The number of rotatable bonds is 2. The van der Waals surface area contributed by atoms with Gasteiger partial charge in [0.15, 0.2) is 0 Å². The largest absolute Gasteiger partial charge is 0.365 e. The van der Waals surface area contributed by atoms with Crippen LogP contribution in [0.1, 0.15) is 60.8 Å². The molecule has 0 aliphatic heterocycles. The standard InChI is InChI=1S/C23H24N2O2/c1-23(2,3)16-13-11-15(12-14-16)22(26)27-25-20-10-6-9-19-21(20)17-7-4-5-8-18(17)24-19/h4-5,7-8,11-14,24H,6,9-10H2,1-3H3/b25-20-. The number of benzene rings is 2. The summed E-state index contributed by atoms with van der Waals surface area (Å²) in [5.41, 5.74) is 5.95. The lowest BCUT2D eigenvalue weighted by Gasteiger charge is -2.18. The lowest BCUT2D eigenvalue weighted by Crippen LogP contribution is -2.13. The second-order valence-corrected chi connectivity index (χ2v) is 8.12. The van der Waals surface area contributed by atoms with Crippen molar-refractivity contribution in [2.45, 2.75) is 45.4 Å². The van der Waals surface area contributed by atoms with E-state index in [4.69, 9.17) is 4.84 Å². The summed E-state index contributed by atoms with van der Waals surface area (Å²) in [6, 6.07) is 15.7. The second-order valence-electron chi connectivity index (χ2n) is 8.12. The van der Waals surface area contributed by atoms with Crippen molar-refractivity contribution >= 4 is 22.6 Å². The summed E-state index contributed by atoms with van der Waals surface area (Å²) in [5.74, 6) is -0.421. The maximum Gasteiger partial charge on any atom is 0.365 e. The van der Waals surface area contributed by atoms with Crippen molar-refractivity contribution in [1.82, 2.24) is 4.98 Å². The Bertz CT molecular complexity index is 1020.